The van der Waals surface area contributed by atoms with E-state index in [9.17, 15) is 0 Å². The van der Waals surface area contributed by atoms with Crippen LogP contribution in [0, 0.1) is 12.3 Å². The molecule has 0 radical (unpaired) electrons. The van der Waals surface area contributed by atoms with E-state index in [1.54, 1.807) is 5.57 Å². The number of benzene rings is 1. The van der Waals surface area contributed by atoms with Crippen molar-refractivity contribution < 1.29 is 0 Å². The van der Waals surface area contributed by atoms with Gasteiger partial charge < -0.3 is 0 Å². The summed E-state index contributed by atoms with van der Waals surface area (Å²) in [6, 6.07) is 8.84. The van der Waals surface area contributed by atoms with Gasteiger partial charge in [-0.2, -0.15) is 0 Å². The van der Waals surface area contributed by atoms with Crippen LogP contribution in [-0.2, 0) is 0 Å². The molecule has 0 fully saturated rings. The van der Waals surface area contributed by atoms with E-state index in [-0.39, 0.29) is 0 Å². The van der Waals surface area contributed by atoms with Crippen molar-refractivity contribution in [3.05, 3.63) is 77.4 Å². The molecule has 1 unspecified atom stereocenters. The fraction of sp³-hybridized carbons (Fsp3) is 0.391. The zero-order valence-corrected chi connectivity index (χ0v) is 15.2. The molecule has 0 spiro atoms. The zero-order valence-electron chi connectivity index (χ0n) is 15.2. The van der Waals surface area contributed by atoms with Crippen LogP contribution in [0.25, 0.3) is 5.57 Å². The van der Waals surface area contributed by atoms with Gasteiger partial charge in [0.2, 0.25) is 0 Å². The third-order valence-electron chi connectivity index (χ3n) is 5.21. The molecule has 1 aliphatic carbocycles. The van der Waals surface area contributed by atoms with Gasteiger partial charge in [0.15, 0.2) is 0 Å². The minimum absolute atomic E-state index is 0.306. The molecule has 1 aromatic carbocycles. The van der Waals surface area contributed by atoms with Crippen molar-refractivity contribution in [3.8, 4) is 0 Å². The van der Waals surface area contributed by atoms with Crippen LogP contribution >= 0.6 is 0 Å². The number of allylic oxidation sites excluding steroid dienone is 7. The highest BCUT2D eigenvalue weighted by Gasteiger charge is 2.28. The van der Waals surface area contributed by atoms with Gasteiger partial charge in [-0.1, -0.05) is 78.8 Å². The fourth-order valence-electron chi connectivity index (χ4n) is 3.54. The fourth-order valence-corrected chi connectivity index (χ4v) is 3.54. The van der Waals surface area contributed by atoms with Gasteiger partial charge in [0.05, 0.1) is 0 Å². The second-order valence-corrected chi connectivity index (χ2v) is 7.17. The van der Waals surface area contributed by atoms with Crippen molar-refractivity contribution in [1.29, 1.82) is 0 Å². The first kappa shape index (κ1) is 17.5. The second kappa shape index (κ2) is 7.64. The highest BCUT2D eigenvalue weighted by atomic mass is 14.3. The predicted molar refractivity (Wildman–Crippen MR) is 103 cm³/mol. The van der Waals surface area contributed by atoms with Gasteiger partial charge in [-0.3, -0.25) is 0 Å². The van der Waals surface area contributed by atoms with Gasteiger partial charge in [-0.05, 0) is 63.0 Å². The SMILES string of the molecule is C=C/C=C\C(=C(\C)CC1(C)CCCC=C1C)c1ccc(C)cc1. The maximum atomic E-state index is 3.82. The molecule has 2 rings (SSSR count). The van der Waals surface area contributed by atoms with E-state index in [1.807, 2.05) is 12.2 Å². The van der Waals surface area contributed by atoms with Gasteiger partial charge in [-0.15, -0.1) is 0 Å². The molecule has 1 atom stereocenters. The molecule has 0 saturated carbocycles. The van der Waals surface area contributed by atoms with Crippen LogP contribution in [0.5, 0.6) is 0 Å². The van der Waals surface area contributed by atoms with Crippen LogP contribution in [0.3, 0.4) is 0 Å². The normalized spacial score (nSPS) is 22.7. The van der Waals surface area contributed by atoms with Crippen LogP contribution in [0.1, 0.15) is 57.6 Å². The van der Waals surface area contributed by atoms with Gasteiger partial charge >= 0.3 is 0 Å². The van der Waals surface area contributed by atoms with Crippen molar-refractivity contribution in [2.75, 3.05) is 0 Å². The molecule has 0 N–H and O–H groups in total. The van der Waals surface area contributed by atoms with Crippen molar-refractivity contribution in [2.45, 2.75) is 53.4 Å². The first-order valence-corrected chi connectivity index (χ1v) is 8.69. The Morgan fingerprint density at radius 3 is 2.52 bits per heavy atom. The Balaban J connectivity index is 2.39. The van der Waals surface area contributed by atoms with E-state index >= 15 is 0 Å². The minimum Gasteiger partial charge on any atom is -0.0991 e. The van der Waals surface area contributed by atoms with Crippen molar-refractivity contribution in [2.24, 2.45) is 5.41 Å². The summed E-state index contributed by atoms with van der Waals surface area (Å²) in [6.07, 6.45) is 13.5. The summed E-state index contributed by atoms with van der Waals surface area (Å²) in [4.78, 5) is 0. The van der Waals surface area contributed by atoms with E-state index in [2.05, 4.69) is 70.7 Å². The molecule has 0 nitrogen and oxygen atoms in total. The molecule has 122 valence electrons. The molecule has 0 amide bonds. The van der Waals surface area contributed by atoms with Crippen LogP contribution in [0.4, 0.5) is 0 Å². The summed E-state index contributed by atoms with van der Waals surface area (Å²) >= 11 is 0. The minimum atomic E-state index is 0.306. The summed E-state index contributed by atoms with van der Waals surface area (Å²) in [6.45, 7) is 13.0. The Bertz CT molecular complexity index is 637. The van der Waals surface area contributed by atoms with E-state index in [4.69, 9.17) is 0 Å². The molecule has 0 bridgehead atoms. The average Bonchev–Trinajstić information content (AvgIpc) is 2.52. The summed E-state index contributed by atoms with van der Waals surface area (Å²) in [5.41, 5.74) is 7.26. The van der Waals surface area contributed by atoms with Gasteiger partial charge in [0.25, 0.3) is 0 Å². The summed E-state index contributed by atoms with van der Waals surface area (Å²) in [5.74, 6) is 0. The second-order valence-electron chi connectivity index (χ2n) is 7.17. The molecule has 0 aromatic heterocycles. The lowest BCUT2D eigenvalue weighted by Gasteiger charge is -2.35. The standard InChI is InChI=1S/C23H30/c1-6-7-11-22(21-14-12-18(2)13-15-21)19(3)17-23(5)16-9-8-10-20(23)4/h6-7,10-15H,1,8-9,16-17H2,2-5H3/b11-7-,22-19+. The molecule has 0 aliphatic heterocycles. The summed E-state index contributed by atoms with van der Waals surface area (Å²) in [7, 11) is 0. The van der Waals surface area contributed by atoms with Crippen LogP contribution < -0.4 is 0 Å². The highest BCUT2D eigenvalue weighted by Crippen LogP contribution is 2.43. The predicted octanol–water partition coefficient (Wildman–Crippen LogP) is 7.04. The Morgan fingerprint density at radius 2 is 1.91 bits per heavy atom. The largest absolute Gasteiger partial charge is 0.0991 e. The van der Waals surface area contributed by atoms with E-state index in [0.29, 0.717) is 5.41 Å². The zero-order chi connectivity index (χ0) is 16.9. The lowest BCUT2D eigenvalue weighted by molar-refractivity contribution is 0.335. The molecule has 23 heavy (non-hydrogen) atoms. The van der Waals surface area contributed by atoms with Crippen LogP contribution in [0.15, 0.2) is 66.3 Å². The molecule has 0 saturated heterocycles. The van der Waals surface area contributed by atoms with E-state index in [0.717, 1.165) is 6.42 Å². The molecule has 1 aliphatic rings. The number of hydrogen-bond donors (Lipinski definition) is 0. The molecule has 0 heteroatoms. The average molecular weight is 306 g/mol. The van der Waals surface area contributed by atoms with Gasteiger partial charge in [-0.25, -0.2) is 0 Å². The van der Waals surface area contributed by atoms with Crippen LogP contribution in [-0.4, -0.2) is 0 Å². The summed E-state index contributed by atoms with van der Waals surface area (Å²) in [5, 5.41) is 0. The summed E-state index contributed by atoms with van der Waals surface area (Å²) < 4.78 is 0. The van der Waals surface area contributed by atoms with E-state index in [1.165, 1.54) is 41.5 Å². The van der Waals surface area contributed by atoms with Crippen molar-refractivity contribution in [3.63, 3.8) is 0 Å². The maximum Gasteiger partial charge on any atom is -0.00817 e. The molecular weight excluding hydrogens is 276 g/mol. The molecule has 1 aromatic rings. The lowest BCUT2D eigenvalue weighted by Crippen LogP contribution is -2.21. The van der Waals surface area contributed by atoms with Gasteiger partial charge in [0.1, 0.15) is 0 Å². The monoisotopic (exact) mass is 306 g/mol. The Morgan fingerprint density at radius 1 is 1.22 bits per heavy atom. The first-order chi connectivity index (χ1) is 11.0. The first-order valence-electron chi connectivity index (χ1n) is 8.69. The van der Waals surface area contributed by atoms with Crippen molar-refractivity contribution >= 4 is 5.57 Å². The van der Waals surface area contributed by atoms with Crippen molar-refractivity contribution in [1.82, 2.24) is 0 Å². The Labute approximate surface area is 142 Å². The topological polar surface area (TPSA) is 0 Å². The van der Waals surface area contributed by atoms with Gasteiger partial charge in [0, 0.05) is 0 Å². The van der Waals surface area contributed by atoms with Crippen LogP contribution in [0.2, 0.25) is 0 Å². The molecular formula is C23H30. The van der Waals surface area contributed by atoms with E-state index < -0.39 is 0 Å². The third-order valence-corrected chi connectivity index (χ3v) is 5.21. The maximum absolute atomic E-state index is 3.82. The number of rotatable bonds is 5. The Kier molecular flexibility index (Phi) is 5.82. The quantitative estimate of drug-likeness (QED) is 0.404. The highest BCUT2D eigenvalue weighted by molar-refractivity contribution is 5.77. The third kappa shape index (κ3) is 4.34. The number of hydrogen-bond acceptors (Lipinski definition) is 0. The number of aryl methyl sites for hydroxylation is 1. The molecule has 0 heterocycles. The lowest BCUT2D eigenvalue weighted by atomic mass is 9.70. The Hall–Kier alpha value is -1.82. The smallest absolute Gasteiger partial charge is 0.00817 e.